The maximum atomic E-state index is 7.29. The maximum absolute atomic E-state index is 7.29. The zero-order valence-electron chi connectivity index (χ0n) is 15.5. The molecule has 33 heavy (non-hydrogen) atoms. The normalized spacial score (nSPS) is 50.1. The summed E-state index contributed by atoms with van der Waals surface area (Å²) in [5.41, 5.74) is 1.60. The van der Waals surface area contributed by atoms with Gasteiger partial charge in [-0.25, -0.2) is 0 Å². The monoisotopic (exact) mass is 794 g/mol. The number of benzene rings is 1. The molecule has 0 unspecified atom stereocenters. The van der Waals surface area contributed by atoms with Crippen LogP contribution in [0.15, 0.2) is 38.3 Å². The summed E-state index contributed by atoms with van der Waals surface area (Å²) in [5, 5.41) is 0.274. The van der Waals surface area contributed by atoms with E-state index in [2.05, 4.69) is 22.6 Å². The number of allylic oxidation sites excluding steroid dienone is 4. The lowest BCUT2D eigenvalue weighted by atomic mass is 9.57. The van der Waals surface area contributed by atoms with Crippen LogP contribution in [0.1, 0.15) is 23.0 Å². The summed E-state index contributed by atoms with van der Waals surface area (Å²) in [6.07, 6.45) is 0. The highest BCUT2D eigenvalue weighted by atomic mass is 127. The van der Waals surface area contributed by atoms with Crippen molar-refractivity contribution >= 4 is 162 Å². The van der Waals surface area contributed by atoms with Crippen LogP contribution < -0.4 is 0 Å². The van der Waals surface area contributed by atoms with E-state index in [4.69, 9.17) is 139 Å². The van der Waals surface area contributed by atoms with Crippen LogP contribution >= 0.6 is 162 Å². The third kappa shape index (κ3) is 2.31. The van der Waals surface area contributed by atoms with Gasteiger partial charge in [-0.2, -0.15) is 0 Å². The molecule has 0 aromatic heterocycles. The Labute approximate surface area is 263 Å². The maximum Gasteiger partial charge on any atom is 0.167 e. The number of rotatable bonds is 0. The average molecular weight is 800 g/mol. The highest BCUT2D eigenvalue weighted by Gasteiger charge is 2.91. The van der Waals surface area contributed by atoms with Crippen molar-refractivity contribution in [3.05, 3.63) is 53.0 Å². The van der Waals surface area contributed by atoms with Crippen LogP contribution in [0, 0.1) is 15.4 Å². The van der Waals surface area contributed by atoms with Crippen molar-refractivity contribution in [1.29, 1.82) is 0 Å². The molecule has 0 N–H and O–H groups in total. The third-order valence-corrected chi connectivity index (χ3v) is 17.3. The van der Waals surface area contributed by atoms with Gasteiger partial charge in [-0.15, -0.1) is 46.4 Å². The van der Waals surface area contributed by atoms with Gasteiger partial charge >= 0.3 is 0 Å². The summed E-state index contributed by atoms with van der Waals surface area (Å²) in [5.74, 6) is -2.58. The van der Waals surface area contributed by atoms with Gasteiger partial charge in [0.25, 0.3) is 0 Å². The minimum atomic E-state index is -1.81. The molecule has 2 fully saturated rings. The molecule has 0 spiro atoms. The molecule has 5 aliphatic carbocycles. The Bertz CT molecular complexity index is 1240. The van der Waals surface area contributed by atoms with Crippen LogP contribution in [-0.2, 0) is 0 Å². The molecular weight excluding hydrogens is 793 g/mol. The Morgan fingerprint density at radius 3 is 1.33 bits per heavy atom. The Morgan fingerprint density at radius 2 is 0.909 bits per heavy atom. The molecule has 8 atom stereocenters. The molecule has 0 amide bonds. The fraction of sp³-hybridized carbons (Fsp3) is 0.500. The molecule has 0 heterocycles. The highest BCUT2D eigenvalue weighted by molar-refractivity contribution is 14.1. The number of hydrogen-bond acceptors (Lipinski definition) is 0. The molecule has 5 aliphatic rings. The van der Waals surface area contributed by atoms with E-state index in [9.17, 15) is 0 Å². The van der Waals surface area contributed by atoms with Gasteiger partial charge in [-0.1, -0.05) is 98.9 Å². The average Bonchev–Trinajstić information content (AvgIpc) is 3.08. The zero-order chi connectivity index (χ0) is 24.5. The smallest absolute Gasteiger partial charge is 0.109 e. The van der Waals surface area contributed by atoms with E-state index < -0.39 is 51.8 Å². The first-order valence-electron chi connectivity index (χ1n) is 9.43. The van der Waals surface area contributed by atoms with Gasteiger partial charge in [-0.3, -0.25) is 0 Å². The first-order valence-corrected chi connectivity index (χ1v) is 15.0. The van der Waals surface area contributed by atoms with Crippen LogP contribution in [0.5, 0.6) is 0 Å². The van der Waals surface area contributed by atoms with Crippen LogP contribution in [0.4, 0.5) is 0 Å². The Balaban J connectivity index is 1.79. The van der Waals surface area contributed by atoms with Crippen molar-refractivity contribution in [3.63, 3.8) is 0 Å². The summed E-state index contributed by atoms with van der Waals surface area (Å²) in [6.45, 7) is 0. The van der Waals surface area contributed by atoms with Crippen molar-refractivity contribution in [2.24, 2.45) is 11.8 Å². The lowest BCUT2D eigenvalue weighted by molar-refractivity contribution is 0.201. The molecule has 4 bridgehead atoms. The van der Waals surface area contributed by atoms with Crippen molar-refractivity contribution in [2.45, 2.75) is 40.0 Å². The van der Waals surface area contributed by atoms with Crippen molar-refractivity contribution in [1.82, 2.24) is 0 Å². The van der Waals surface area contributed by atoms with Crippen molar-refractivity contribution in [3.8, 4) is 0 Å². The summed E-state index contributed by atoms with van der Waals surface area (Å²) >= 11 is 85.9. The first-order chi connectivity index (χ1) is 15.0. The Morgan fingerprint density at radius 1 is 0.545 bits per heavy atom. The lowest BCUT2D eigenvalue weighted by Gasteiger charge is -2.52. The molecule has 0 nitrogen and oxygen atoms in total. The van der Waals surface area contributed by atoms with E-state index in [-0.39, 0.29) is 20.1 Å². The predicted octanol–water partition coefficient (Wildman–Crippen LogP) is 10.4. The lowest BCUT2D eigenvalue weighted by Crippen LogP contribution is -2.53. The molecule has 1 aromatic rings. The number of halogens is 13. The molecule has 2 saturated carbocycles. The van der Waals surface area contributed by atoms with Gasteiger partial charge in [0, 0.05) is 27.2 Å². The number of hydrogen-bond donors (Lipinski definition) is 0. The van der Waals surface area contributed by atoms with E-state index >= 15 is 0 Å². The molecule has 6 rings (SSSR count). The van der Waals surface area contributed by atoms with Crippen LogP contribution in [0.3, 0.4) is 0 Å². The summed E-state index contributed by atoms with van der Waals surface area (Å²) in [4.78, 5) is -6.36. The standard InChI is InChI=1S/C20H7Cl12I/c21-11-13(23)17(27)9-7(15(11,25)19(17,29)30)5-2-1-4(33)3-6(5)8-10(9)18(28)14(24)12(22)16(8,26)20(18,31)32/h1-3,7-10H/t7-,8+,9+,10+,15-,16+,17-,18+/m0/s1. The van der Waals surface area contributed by atoms with E-state index in [0.717, 1.165) is 14.7 Å². The van der Waals surface area contributed by atoms with Gasteiger partial charge < -0.3 is 0 Å². The summed E-state index contributed by atoms with van der Waals surface area (Å²) < 4.78 is -2.68. The van der Waals surface area contributed by atoms with Gasteiger partial charge in [0.1, 0.15) is 19.5 Å². The Kier molecular flexibility index (Phi) is 5.67. The fourth-order valence-electron chi connectivity index (χ4n) is 6.87. The zero-order valence-corrected chi connectivity index (χ0v) is 26.7. The van der Waals surface area contributed by atoms with Crippen molar-refractivity contribution in [2.75, 3.05) is 0 Å². The van der Waals surface area contributed by atoms with Crippen LogP contribution in [0.2, 0.25) is 0 Å². The van der Waals surface area contributed by atoms with Crippen LogP contribution in [0.25, 0.3) is 0 Å². The second-order valence-corrected chi connectivity index (χ2v) is 16.8. The topological polar surface area (TPSA) is 0 Å². The number of alkyl halides is 8. The SMILES string of the molecule is ClC1=C(Cl)[C@@]2(Cl)[C@H]3c4ccc(I)cc4[C@@H]4[C@H]([C@@H]3[C@@]1(Cl)C2(Cl)Cl)[C@@]1(Cl)C(Cl)=C(Cl)[C@@]4(Cl)C1(Cl)Cl. The summed E-state index contributed by atoms with van der Waals surface area (Å²) in [6, 6.07) is 5.82. The minimum absolute atomic E-state index is 0.0485. The minimum Gasteiger partial charge on any atom is -0.109 e. The second kappa shape index (κ2) is 7.15. The predicted molar refractivity (Wildman–Crippen MR) is 152 cm³/mol. The van der Waals surface area contributed by atoms with Gasteiger partial charge in [0.2, 0.25) is 0 Å². The summed E-state index contributed by atoms with van der Waals surface area (Å²) in [7, 11) is 0. The molecule has 1 aromatic carbocycles. The fourth-order valence-corrected chi connectivity index (χ4v) is 13.4. The van der Waals surface area contributed by atoms with Crippen molar-refractivity contribution < 1.29 is 0 Å². The van der Waals surface area contributed by atoms with E-state index in [0.29, 0.717) is 0 Å². The molecule has 0 saturated heterocycles. The molecular formula is C20H7Cl12I. The first kappa shape index (κ1) is 26.1. The van der Waals surface area contributed by atoms with Gasteiger partial charge in [0.05, 0.1) is 20.1 Å². The second-order valence-electron chi connectivity index (χ2n) is 9.03. The molecule has 178 valence electrons. The quantitative estimate of drug-likeness (QED) is 0.181. The Hall–Kier alpha value is 2.91. The van der Waals surface area contributed by atoms with Crippen LogP contribution in [-0.4, -0.2) is 28.2 Å². The molecule has 13 heteroatoms. The number of fused-ring (bicyclic) bond motifs is 14. The van der Waals surface area contributed by atoms with Gasteiger partial charge in [-0.05, 0) is 45.9 Å². The third-order valence-electron chi connectivity index (χ3n) is 8.09. The van der Waals surface area contributed by atoms with E-state index in [1.165, 1.54) is 0 Å². The molecule has 0 radical (unpaired) electrons. The van der Waals surface area contributed by atoms with Gasteiger partial charge in [0.15, 0.2) is 8.67 Å². The van der Waals surface area contributed by atoms with E-state index in [1.807, 2.05) is 18.2 Å². The van der Waals surface area contributed by atoms with E-state index in [1.54, 1.807) is 0 Å². The highest BCUT2D eigenvalue weighted by Crippen LogP contribution is 2.88. The molecule has 0 aliphatic heterocycles. The largest absolute Gasteiger partial charge is 0.167 e.